The second-order valence-corrected chi connectivity index (χ2v) is 27.0. The Morgan fingerprint density at radius 2 is 1.40 bits per heavy atom. The van der Waals surface area contributed by atoms with Gasteiger partial charge in [-0.25, -0.2) is 13.4 Å². The Morgan fingerprint density at radius 1 is 0.880 bits per heavy atom. The first-order chi connectivity index (χ1) is 23.4. The Balaban J connectivity index is 1.81. The van der Waals surface area contributed by atoms with Crippen LogP contribution in [0.5, 0.6) is 0 Å². The topological polar surface area (TPSA) is 91.2 Å². The van der Waals surface area contributed by atoms with Crippen LogP contribution in [0.4, 0.5) is 0 Å². The summed E-state index contributed by atoms with van der Waals surface area (Å²) < 4.78 is 33.6. The summed E-state index contributed by atoms with van der Waals surface area (Å²) in [7, 11) is -8.60. The Hall–Kier alpha value is -3.63. The average molecular weight is 728 g/mol. The monoisotopic (exact) mass is 727 g/mol. The molecule has 0 spiro atoms. The van der Waals surface area contributed by atoms with Gasteiger partial charge in [-0.15, -0.1) is 5.54 Å². The second kappa shape index (κ2) is 15.3. The summed E-state index contributed by atoms with van der Waals surface area (Å²) in [6.45, 7) is 22.5. The number of fused-ring (bicyclic) bond motifs is 1. The minimum atomic E-state index is -3.73. The predicted octanol–water partition coefficient (Wildman–Crippen LogP) is 7.21. The van der Waals surface area contributed by atoms with Crippen molar-refractivity contribution in [2.75, 3.05) is 12.9 Å². The summed E-state index contributed by atoms with van der Waals surface area (Å²) in [6.07, 6.45) is 6.40. The molecule has 0 atom stereocenters. The fraction of sp³-hybridized carbons (Fsp3) is 0.425. The third kappa shape index (κ3) is 7.52. The SMILES string of the molecule is Cc1c(C#C[Si](C(C)C)(C(C)C)C(C)C)c2cnc(S(C)(=O)=O)nc2n(C/C=C\CO[Si](c2ccccc2)(c2ccccc2)C(C)(C)C)c1=O. The van der Waals surface area contributed by atoms with E-state index in [0.717, 1.165) is 6.26 Å². The van der Waals surface area contributed by atoms with E-state index < -0.39 is 26.2 Å². The van der Waals surface area contributed by atoms with E-state index in [1.165, 1.54) is 21.1 Å². The van der Waals surface area contributed by atoms with Gasteiger partial charge in [-0.05, 0) is 39.0 Å². The van der Waals surface area contributed by atoms with Crippen molar-refractivity contribution < 1.29 is 12.8 Å². The van der Waals surface area contributed by atoms with Crippen LogP contribution < -0.4 is 15.9 Å². The maximum absolute atomic E-state index is 14.1. The molecule has 2 aromatic heterocycles. The number of hydrogen-bond donors (Lipinski definition) is 0. The molecule has 266 valence electrons. The Morgan fingerprint density at radius 3 is 1.86 bits per heavy atom. The fourth-order valence-electron chi connectivity index (χ4n) is 7.64. The van der Waals surface area contributed by atoms with E-state index in [9.17, 15) is 13.2 Å². The van der Waals surface area contributed by atoms with Crippen LogP contribution in [0, 0.1) is 18.4 Å². The van der Waals surface area contributed by atoms with Crippen molar-refractivity contribution in [3.05, 3.63) is 100 Å². The first-order valence-corrected chi connectivity index (χ1v) is 23.5. The van der Waals surface area contributed by atoms with Gasteiger partial charge in [0.25, 0.3) is 13.9 Å². The van der Waals surface area contributed by atoms with E-state index >= 15 is 0 Å². The standard InChI is InChI=1S/C40H53N3O4SSi2/c1-29(2)49(30(3)4,31(5)6)27-24-35-32(7)38(44)43(37-36(35)28-41-39(42-37)48(11,45)46)25-18-19-26-47-50(40(8,9)10,33-20-14-12-15-21-33)34-22-16-13-17-23-34/h12-23,28-31H,25-26H2,1-11H3/b19-18-. The summed E-state index contributed by atoms with van der Waals surface area (Å²) in [4.78, 5) is 22.7. The van der Waals surface area contributed by atoms with Crippen LogP contribution in [-0.4, -0.2) is 52.2 Å². The van der Waals surface area contributed by atoms with Crippen LogP contribution in [0.15, 0.2) is 89.0 Å². The maximum Gasteiger partial charge on any atom is 0.261 e. The molecular formula is C40H53N3O4SSi2. The minimum absolute atomic E-state index is 0.176. The van der Waals surface area contributed by atoms with Crippen molar-refractivity contribution in [2.45, 2.75) is 103 Å². The molecule has 0 N–H and O–H groups in total. The number of pyridine rings is 1. The quantitative estimate of drug-likeness (QED) is 0.0703. The molecule has 4 aromatic rings. The molecule has 0 saturated carbocycles. The zero-order chi connectivity index (χ0) is 37.1. The van der Waals surface area contributed by atoms with Crippen molar-refractivity contribution in [3.8, 4) is 11.5 Å². The lowest BCUT2D eigenvalue weighted by Crippen LogP contribution is -2.66. The number of nitrogens with zero attached hydrogens (tertiary/aromatic N) is 3. The molecule has 0 aliphatic carbocycles. The first-order valence-electron chi connectivity index (χ1n) is 17.4. The van der Waals surface area contributed by atoms with Gasteiger partial charge in [-0.1, -0.05) is 141 Å². The van der Waals surface area contributed by atoms with Gasteiger partial charge in [0.2, 0.25) is 15.0 Å². The van der Waals surface area contributed by atoms with Crippen molar-refractivity contribution in [2.24, 2.45) is 0 Å². The summed E-state index contributed by atoms with van der Waals surface area (Å²) in [5.74, 6) is 3.44. The highest BCUT2D eigenvalue weighted by molar-refractivity contribution is 7.90. The van der Waals surface area contributed by atoms with Crippen LogP contribution in [0.25, 0.3) is 11.0 Å². The zero-order valence-electron chi connectivity index (χ0n) is 31.5. The Bertz CT molecular complexity index is 2010. The van der Waals surface area contributed by atoms with Gasteiger partial charge in [0, 0.05) is 30.1 Å². The first kappa shape index (κ1) is 39.2. The molecule has 0 aliphatic rings. The molecule has 0 aliphatic heterocycles. The van der Waals surface area contributed by atoms with Crippen LogP contribution in [0.2, 0.25) is 21.7 Å². The molecule has 0 radical (unpaired) electrons. The molecular weight excluding hydrogens is 675 g/mol. The molecule has 10 heteroatoms. The number of sulfone groups is 1. The van der Waals surface area contributed by atoms with Gasteiger partial charge in [0.15, 0.2) is 0 Å². The lowest BCUT2D eigenvalue weighted by molar-refractivity contribution is 0.339. The van der Waals surface area contributed by atoms with Gasteiger partial charge in [-0.2, -0.15) is 4.98 Å². The number of allylic oxidation sites excluding steroid dienone is 1. The molecule has 0 bridgehead atoms. The van der Waals surface area contributed by atoms with E-state index in [4.69, 9.17) is 4.43 Å². The molecule has 2 aromatic carbocycles. The number of aromatic nitrogens is 3. The van der Waals surface area contributed by atoms with Crippen LogP contribution in [0.1, 0.15) is 73.4 Å². The molecule has 7 nitrogen and oxygen atoms in total. The Kier molecular flexibility index (Phi) is 12.0. The molecule has 2 heterocycles. The minimum Gasteiger partial charge on any atom is -0.404 e. The average Bonchev–Trinajstić information content (AvgIpc) is 3.05. The maximum atomic E-state index is 14.1. The van der Waals surface area contributed by atoms with Crippen LogP contribution >= 0.6 is 0 Å². The lowest BCUT2D eigenvalue weighted by atomic mass is 10.1. The number of benzene rings is 2. The highest BCUT2D eigenvalue weighted by atomic mass is 32.2. The summed E-state index contributed by atoms with van der Waals surface area (Å²) >= 11 is 0. The third-order valence-electron chi connectivity index (χ3n) is 10.1. The van der Waals surface area contributed by atoms with Gasteiger partial charge in [0.05, 0.1) is 12.0 Å². The van der Waals surface area contributed by atoms with E-state index in [1.807, 2.05) is 24.3 Å². The third-order valence-corrected chi connectivity index (χ3v) is 22.2. The normalized spacial score (nSPS) is 13.1. The lowest BCUT2D eigenvalue weighted by Gasteiger charge is -2.42. The molecule has 0 saturated heterocycles. The van der Waals surface area contributed by atoms with Gasteiger partial charge in [0.1, 0.15) is 13.7 Å². The van der Waals surface area contributed by atoms with Crippen LogP contribution in [0.3, 0.4) is 0 Å². The highest BCUT2D eigenvalue weighted by Crippen LogP contribution is 2.41. The van der Waals surface area contributed by atoms with Crippen molar-refractivity contribution in [1.82, 2.24) is 14.5 Å². The fourth-order valence-corrected chi connectivity index (χ4v) is 17.8. The van der Waals surface area contributed by atoms with Crippen molar-refractivity contribution in [3.63, 3.8) is 0 Å². The molecule has 0 amide bonds. The number of rotatable bonds is 11. The van der Waals surface area contributed by atoms with E-state index in [1.54, 1.807) is 6.92 Å². The summed E-state index contributed by atoms with van der Waals surface area (Å²) in [5, 5.41) is 2.44. The van der Waals surface area contributed by atoms with Gasteiger partial charge < -0.3 is 4.43 Å². The predicted molar refractivity (Wildman–Crippen MR) is 212 cm³/mol. The number of hydrogen-bond acceptors (Lipinski definition) is 6. The van der Waals surface area contributed by atoms with Gasteiger partial charge >= 0.3 is 0 Å². The summed E-state index contributed by atoms with van der Waals surface area (Å²) in [5.41, 5.74) is 6.01. The largest absolute Gasteiger partial charge is 0.404 e. The second-order valence-electron chi connectivity index (χ2n) is 15.2. The van der Waals surface area contributed by atoms with E-state index in [0.29, 0.717) is 39.7 Å². The Labute approximate surface area is 301 Å². The zero-order valence-corrected chi connectivity index (χ0v) is 34.4. The molecule has 0 unspecified atom stereocenters. The van der Waals surface area contributed by atoms with E-state index in [-0.39, 0.29) is 27.9 Å². The van der Waals surface area contributed by atoms with Crippen LogP contribution in [-0.2, 0) is 20.8 Å². The molecule has 4 rings (SSSR count). The van der Waals surface area contributed by atoms with Crippen molar-refractivity contribution >= 4 is 47.6 Å². The molecule has 0 fully saturated rings. The van der Waals surface area contributed by atoms with Crippen molar-refractivity contribution in [1.29, 1.82) is 0 Å². The smallest absolute Gasteiger partial charge is 0.261 e. The van der Waals surface area contributed by atoms with Gasteiger partial charge in [-0.3, -0.25) is 9.36 Å². The van der Waals surface area contributed by atoms with E-state index in [2.05, 4.69) is 132 Å². The highest BCUT2D eigenvalue weighted by Gasteiger charge is 2.50. The molecule has 50 heavy (non-hydrogen) atoms. The summed E-state index contributed by atoms with van der Waals surface area (Å²) in [6, 6.07) is 20.9.